The largest absolute Gasteiger partial charge is 0.435 e. The van der Waals surface area contributed by atoms with E-state index in [1.165, 1.54) is 6.07 Å². The number of aromatic nitrogens is 4. The van der Waals surface area contributed by atoms with Crippen LogP contribution in [0.25, 0.3) is 0 Å². The van der Waals surface area contributed by atoms with E-state index < -0.39 is 17.9 Å². The van der Waals surface area contributed by atoms with E-state index in [1.54, 1.807) is 16.6 Å². The lowest BCUT2D eigenvalue weighted by Crippen LogP contribution is -2.48. The van der Waals surface area contributed by atoms with E-state index in [0.29, 0.717) is 18.8 Å². The lowest BCUT2D eigenvalue weighted by atomic mass is 10.0. The second-order valence-electron chi connectivity index (χ2n) is 5.90. The van der Waals surface area contributed by atoms with Crippen molar-refractivity contribution in [2.75, 3.05) is 16.8 Å². The Bertz CT molecular complexity index is 771. The van der Waals surface area contributed by atoms with Crippen molar-refractivity contribution in [2.45, 2.75) is 32.0 Å². The van der Waals surface area contributed by atoms with E-state index >= 15 is 0 Å². The molecule has 3 heterocycles. The minimum Gasteiger partial charge on any atom is -0.357 e. The van der Waals surface area contributed by atoms with Crippen LogP contribution in [0, 0.1) is 6.92 Å². The Morgan fingerprint density at radius 2 is 2.04 bits per heavy atom. The number of anilines is 2. The van der Waals surface area contributed by atoms with Crippen LogP contribution in [-0.4, -0.2) is 38.5 Å². The Hall–Kier alpha value is -2.65. The van der Waals surface area contributed by atoms with E-state index in [9.17, 15) is 18.0 Å². The van der Waals surface area contributed by atoms with Gasteiger partial charge in [-0.05, 0) is 31.9 Å². The fourth-order valence-electron chi connectivity index (χ4n) is 2.83. The van der Waals surface area contributed by atoms with Crippen molar-refractivity contribution in [1.82, 2.24) is 20.0 Å². The Kier molecular flexibility index (Phi) is 4.36. The van der Waals surface area contributed by atoms with Gasteiger partial charge in [0.15, 0.2) is 5.69 Å². The zero-order chi connectivity index (χ0) is 18.2. The number of carbonyl (C=O) groups is 1. The quantitative estimate of drug-likeness (QED) is 0.914. The topological polar surface area (TPSA) is 75.9 Å². The Labute approximate surface area is 141 Å². The van der Waals surface area contributed by atoms with Crippen LogP contribution in [-0.2, 0) is 18.0 Å². The minimum absolute atomic E-state index is 0.134. The number of nitrogens with one attached hydrogen (secondary N) is 1. The number of halogens is 3. The van der Waals surface area contributed by atoms with Crippen LogP contribution in [0.15, 0.2) is 18.2 Å². The van der Waals surface area contributed by atoms with Crippen molar-refractivity contribution in [1.29, 1.82) is 0 Å². The number of carbonyl (C=O) groups excluding carboxylic acids is 1. The highest BCUT2D eigenvalue weighted by Crippen LogP contribution is 2.28. The third-order valence-electron chi connectivity index (χ3n) is 3.97. The highest BCUT2D eigenvalue weighted by molar-refractivity contribution is 5.98. The van der Waals surface area contributed by atoms with Crippen molar-refractivity contribution in [3.05, 3.63) is 29.6 Å². The molecular weight excluding hydrogens is 337 g/mol. The molecule has 134 valence electrons. The lowest BCUT2D eigenvalue weighted by molar-refractivity contribution is -0.141. The summed E-state index contributed by atoms with van der Waals surface area (Å²) in [4.78, 5) is 14.3. The maximum Gasteiger partial charge on any atom is 0.435 e. The molecular formula is C15H17F3N6O. The molecule has 1 unspecified atom stereocenters. The molecule has 10 heteroatoms. The van der Waals surface area contributed by atoms with Crippen LogP contribution in [0.4, 0.5) is 24.8 Å². The number of rotatable bonds is 3. The number of hydrogen-bond donors (Lipinski definition) is 1. The Balaban J connectivity index is 1.74. The van der Waals surface area contributed by atoms with Crippen molar-refractivity contribution in [2.24, 2.45) is 7.05 Å². The summed E-state index contributed by atoms with van der Waals surface area (Å²) in [5.41, 5.74) is -0.269. The van der Waals surface area contributed by atoms with Gasteiger partial charge in [0.25, 0.3) is 5.91 Å². The van der Waals surface area contributed by atoms with Gasteiger partial charge < -0.3 is 5.32 Å². The van der Waals surface area contributed by atoms with E-state index in [2.05, 4.69) is 20.6 Å². The van der Waals surface area contributed by atoms with Gasteiger partial charge in [0, 0.05) is 19.7 Å². The molecule has 0 radical (unpaired) electrons. The normalized spacial score (nSPS) is 18.5. The lowest BCUT2D eigenvalue weighted by Gasteiger charge is -2.32. The standard InChI is InChI=1S/C15H17F3N6O/c1-9-8-13(23(2)22-9)24-7-3-4-10(14(24)25)19-12-6-5-11(20-21-12)15(16,17)18/h5-6,8,10H,3-4,7H2,1-2H3,(H,19,21). The summed E-state index contributed by atoms with van der Waals surface area (Å²) < 4.78 is 39.2. The molecule has 0 spiro atoms. The van der Waals surface area contributed by atoms with Gasteiger partial charge in [0.2, 0.25) is 0 Å². The molecule has 1 amide bonds. The first-order chi connectivity index (χ1) is 11.8. The molecule has 1 fully saturated rings. The molecule has 1 atom stereocenters. The summed E-state index contributed by atoms with van der Waals surface area (Å²) >= 11 is 0. The predicted molar refractivity (Wildman–Crippen MR) is 84.0 cm³/mol. The second kappa shape index (κ2) is 6.34. The highest BCUT2D eigenvalue weighted by Gasteiger charge is 2.34. The summed E-state index contributed by atoms with van der Waals surface area (Å²) in [6.45, 7) is 2.40. The van der Waals surface area contributed by atoms with Crippen LogP contribution in [0.2, 0.25) is 0 Å². The number of aryl methyl sites for hydroxylation is 2. The van der Waals surface area contributed by atoms with Crippen molar-refractivity contribution >= 4 is 17.5 Å². The number of piperidine rings is 1. The van der Waals surface area contributed by atoms with Crippen LogP contribution in [0.5, 0.6) is 0 Å². The summed E-state index contributed by atoms with van der Waals surface area (Å²) in [6, 6.07) is 3.26. The van der Waals surface area contributed by atoms with E-state index in [1.807, 2.05) is 13.0 Å². The van der Waals surface area contributed by atoms with Gasteiger partial charge in [0.1, 0.15) is 17.7 Å². The molecule has 3 rings (SSSR count). The average Bonchev–Trinajstić information content (AvgIpc) is 2.87. The SMILES string of the molecule is Cc1cc(N2CCCC(Nc3ccc(C(F)(F)F)nn3)C2=O)n(C)n1. The fraction of sp³-hybridized carbons (Fsp3) is 0.467. The summed E-state index contributed by atoms with van der Waals surface area (Å²) in [6.07, 6.45) is -3.23. The van der Waals surface area contributed by atoms with Crippen molar-refractivity contribution in [3.63, 3.8) is 0 Å². The predicted octanol–water partition coefficient (Wildman–Crippen LogP) is 2.14. The molecule has 2 aromatic rings. The molecule has 1 saturated heterocycles. The Morgan fingerprint density at radius 1 is 1.28 bits per heavy atom. The van der Waals surface area contributed by atoms with E-state index in [-0.39, 0.29) is 11.7 Å². The molecule has 1 aliphatic rings. The molecule has 0 aromatic carbocycles. The zero-order valence-corrected chi connectivity index (χ0v) is 13.7. The van der Waals surface area contributed by atoms with Crippen LogP contribution < -0.4 is 10.2 Å². The van der Waals surface area contributed by atoms with Gasteiger partial charge in [0.05, 0.1) is 5.69 Å². The van der Waals surface area contributed by atoms with Gasteiger partial charge in [-0.3, -0.25) is 14.4 Å². The number of alkyl halides is 3. The number of hydrogen-bond acceptors (Lipinski definition) is 5. The van der Waals surface area contributed by atoms with Gasteiger partial charge >= 0.3 is 6.18 Å². The summed E-state index contributed by atoms with van der Waals surface area (Å²) in [5, 5.41) is 13.8. The zero-order valence-electron chi connectivity index (χ0n) is 13.7. The monoisotopic (exact) mass is 354 g/mol. The third kappa shape index (κ3) is 3.57. The maximum absolute atomic E-state index is 12.7. The molecule has 0 bridgehead atoms. The van der Waals surface area contributed by atoms with Gasteiger partial charge in [-0.2, -0.15) is 18.3 Å². The summed E-state index contributed by atoms with van der Waals surface area (Å²) in [5.74, 6) is 0.651. The van der Waals surface area contributed by atoms with Gasteiger partial charge in [-0.1, -0.05) is 0 Å². The van der Waals surface area contributed by atoms with Crippen LogP contribution >= 0.6 is 0 Å². The van der Waals surface area contributed by atoms with E-state index in [0.717, 1.165) is 18.2 Å². The molecule has 7 nitrogen and oxygen atoms in total. The molecule has 2 aromatic heterocycles. The third-order valence-corrected chi connectivity index (χ3v) is 3.97. The van der Waals surface area contributed by atoms with Gasteiger partial charge in [-0.25, -0.2) is 0 Å². The van der Waals surface area contributed by atoms with E-state index in [4.69, 9.17) is 0 Å². The number of amides is 1. The second-order valence-corrected chi connectivity index (χ2v) is 5.90. The Morgan fingerprint density at radius 3 is 2.60 bits per heavy atom. The molecule has 1 N–H and O–H groups in total. The number of nitrogens with zero attached hydrogens (tertiary/aromatic N) is 5. The first-order valence-electron chi connectivity index (χ1n) is 7.75. The first-order valence-corrected chi connectivity index (χ1v) is 7.75. The van der Waals surface area contributed by atoms with Crippen molar-refractivity contribution < 1.29 is 18.0 Å². The highest BCUT2D eigenvalue weighted by atomic mass is 19.4. The fourth-order valence-corrected chi connectivity index (χ4v) is 2.83. The maximum atomic E-state index is 12.7. The van der Waals surface area contributed by atoms with Crippen LogP contribution in [0.1, 0.15) is 24.2 Å². The minimum atomic E-state index is -4.54. The summed E-state index contributed by atoms with van der Waals surface area (Å²) in [7, 11) is 1.76. The molecule has 1 aliphatic heterocycles. The molecule has 25 heavy (non-hydrogen) atoms. The molecule has 0 saturated carbocycles. The van der Waals surface area contributed by atoms with Crippen LogP contribution in [0.3, 0.4) is 0 Å². The smallest absolute Gasteiger partial charge is 0.357 e. The van der Waals surface area contributed by atoms with Crippen molar-refractivity contribution in [3.8, 4) is 0 Å². The van der Waals surface area contributed by atoms with Gasteiger partial charge in [-0.15, -0.1) is 10.2 Å². The molecule has 0 aliphatic carbocycles. The first kappa shape index (κ1) is 17.2. The average molecular weight is 354 g/mol.